The maximum atomic E-state index is 10.0. The molecule has 0 saturated heterocycles. The number of phenolic OH excluding ortho intramolecular Hbond substituents is 1. The first-order valence-corrected chi connectivity index (χ1v) is 8.63. The van der Waals surface area contributed by atoms with Crippen molar-refractivity contribution in [3.8, 4) is 11.5 Å². The van der Waals surface area contributed by atoms with Gasteiger partial charge in [-0.05, 0) is 48.8 Å². The first kappa shape index (κ1) is 16.2. The zero-order valence-electron chi connectivity index (χ0n) is 13.6. The van der Waals surface area contributed by atoms with Crippen molar-refractivity contribution < 1.29 is 9.84 Å². The van der Waals surface area contributed by atoms with E-state index in [4.69, 9.17) is 4.74 Å². The van der Waals surface area contributed by atoms with Gasteiger partial charge in [0.1, 0.15) is 0 Å². The number of phenols is 1. The number of ether oxygens (including phenoxy) is 1. The molecule has 1 aromatic carbocycles. The van der Waals surface area contributed by atoms with Crippen molar-refractivity contribution in [1.29, 1.82) is 0 Å². The van der Waals surface area contributed by atoms with Crippen molar-refractivity contribution in [2.24, 2.45) is 11.8 Å². The SMILES string of the molecule is CCCCOc1ccc(CCC2CCC(C)CC2)cc1O. The summed E-state index contributed by atoms with van der Waals surface area (Å²) in [4.78, 5) is 0. The molecule has 0 spiro atoms. The molecule has 0 aromatic heterocycles. The lowest BCUT2D eigenvalue weighted by molar-refractivity contribution is 0.277. The molecule has 1 aliphatic carbocycles. The summed E-state index contributed by atoms with van der Waals surface area (Å²) in [6.45, 7) is 5.19. The summed E-state index contributed by atoms with van der Waals surface area (Å²) in [7, 11) is 0. The van der Waals surface area contributed by atoms with Crippen molar-refractivity contribution in [2.45, 2.75) is 65.2 Å². The van der Waals surface area contributed by atoms with Gasteiger partial charge in [0, 0.05) is 0 Å². The van der Waals surface area contributed by atoms with Crippen LogP contribution in [0, 0.1) is 11.8 Å². The zero-order chi connectivity index (χ0) is 15.1. The molecule has 0 aliphatic heterocycles. The first-order valence-electron chi connectivity index (χ1n) is 8.63. The van der Waals surface area contributed by atoms with Gasteiger partial charge >= 0.3 is 0 Å². The molecule has 118 valence electrons. The molecule has 2 heteroatoms. The van der Waals surface area contributed by atoms with E-state index in [1.807, 2.05) is 12.1 Å². The van der Waals surface area contributed by atoms with Crippen LogP contribution in [0.3, 0.4) is 0 Å². The van der Waals surface area contributed by atoms with Crippen molar-refractivity contribution in [2.75, 3.05) is 6.61 Å². The van der Waals surface area contributed by atoms with Crippen LogP contribution in [-0.2, 0) is 6.42 Å². The predicted octanol–water partition coefficient (Wildman–Crippen LogP) is 5.33. The highest BCUT2D eigenvalue weighted by Gasteiger charge is 2.18. The van der Waals surface area contributed by atoms with E-state index in [0.29, 0.717) is 18.1 Å². The molecule has 2 rings (SSSR count). The number of unbranched alkanes of at least 4 members (excludes halogenated alkanes) is 1. The van der Waals surface area contributed by atoms with Crippen LogP contribution in [0.2, 0.25) is 0 Å². The van der Waals surface area contributed by atoms with E-state index in [2.05, 4.69) is 19.9 Å². The Balaban J connectivity index is 1.79. The zero-order valence-corrected chi connectivity index (χ0v) is 13.6. The highest BCUT2D eigenvalue weighted by Crippen LogP contribution is 2.32. The molecule has 0 atom stereocenters. The summed E-state index contributed by atoms with van der Waals surface area (Å²) in [5, 5.41) is 10.0. The van der Waals surface area contributed by atoms with Gasteiger partial charge in [-0.2, -0.15) is 0 Å². The van der Waals surface area contributed by atoms with E-state index >= 15 is 0 Å². The highest BCUT2D eigenvalue weighted by molar-refractivity contribution is 5.41. The molecule has 0 radical (unpaired) electrons. The maximum absolute atomic E-state index is 10.0. The Bertz CT molecular complexity index is 420. The van der Waals surface area contributed by atoms with Crippen molar-refractivity contribution in [3.63, 3.8) is 0 Å². The molecule has 0 amide bonds. The van der Waals surface area contributed by atoms with Gasteiger partial charge in [-0.25, -0.2) is 0 Å². The number of aromatic hydroxyl groups is 1. The maximum Gasteiger partial charge on any atom is 0.160 e. The molecule has 1 aliphatic rings. The molecule has 1 N–H and O–H groups in total. The van der Waals surface area contributed by atoms with Gasteiger partial charge in [0.15, 0.2) is 11.5 Å². The van der Waals surface area contributed by atoms with Gasteiger partial charge in [-0.15, -0.1) is 0 Å². The van der Waals surface area contributed by atoms with E-state index in [9.17, 15) is 5.11 Å². The smallest absolute Gasteiger partial charge is 0.160 e. The van der Waals surface area contributed by atoms with Gasteiger partial charge in [-0.1, -0.05) is 52.0 Å². The summed E-state index contributed by atoms with van der Waals surface area (Å²) >= 11 is 0. The molecule has 1 saturated carbocycles. The van der Waals surface area contributed by atoms with Gasteiger partial charge in [0.05, 0.1) is 6.61 Å². The second kappa shape index (κ2) is 8.31. The standard InChI is InChI=1S/C19H30O2/c1-3-4-13-21-19-12-11-17(14-18(19)20)10-9-16-7-5-15(2)6-8-16/h11-12,14-16,20H,3-10,13H2,1-2H3. The van der Waals surface area contributed by atoms with Crippen LogP contribution in [0.15, 0.2) is 18.2 Å². The molecule has 0 bridgehead atoms. The molecular formula is C19H30O2. The Morgan fingerprint density at radius 1 is 1.19 bits per heavy atom. The topological polar surface area (TPSA) is 29.5 Å². The number of hydrogen-bond acceptors (Lipinski definition) is 2. The summed E-state index contributed by atoms with van der Waals surface area (Å²) in [6, 6.07) is 5.91. The monoisotopic (exact) mass is 290 g/mol. The fraction of sp³-hybridized carbons (Fsp3) is 0.684. The molecule has 0 heterocycles. The van der Waals surface area contributed by atoms with Gasteiger partial charge < -0.3 is 9.84 Å². The van der Waals surface area contributed by atoms with Crippen LogP contribution < -0.4 is 4.74 Å². The predicted molar refractivity (Wildman–Crippen MR) is 88.0 cm³/mol. The Labute approximate surface area is 129 Å². The van der Waals surface area contributed by atoms with Gasteiger partial charge in [0.2, 0.25) is 0 Å². The first-order chi connectivity index (χ1) is 10.2. The van der Waals surface area contributed by atoms with E-state index in [0.717, 1.165) is 31.1 Å². The van der Waals surface area contributed by atoms with Crippen LogP contribution in [0.5, 0.6) is 11.5 Å². The minimum atomic E-state index is 0.292. The number of aryl methyl sites for hydroxylation is 1. The third kappa shape index (κ3) is 5.26. The second-order valence-electron chi connectivity index (χ2n) is 6.67. The van der Waals surface area contributed by atoms with E-state index in [1.165, 1.54) is 37.7 Å². The number of hydrogen-bond donors (Lipinski definition) is 1. The Hall–Kier alpha value is -1.18. The minimum Gasteiger partial charge on any atom is -0.504 e. The largest absolute Gasteiger partial charge is 0.504 e. The average Bonchev–Trinajstić information content (AvgIpc) is 2.49. The van der Waals surface area contributed by atoms with E-state index in [-0.39, 0.29) is 0 Å². The quantitative estimate of drug-likeness (QED) is 0.688. The third-order valence-corrected chi connectivity index (χ3v) is 4.76. The van der Waals surface area contributed by atoms with E-state index < -0.39 is 0 Å². The fourth-order valence-corrected chi connectivity index (χ4v) is 3.16. The van der Waals surface area contributed by atoms with Crippen LogP contribution >= 0.6 is 0 Å². The highest BCUT2D eigenvalue weighted by atomic mass is 16.5. The van der Waals surface area contributed by atoms with Crippen LogP contribution in [0.25, 0.3) is 0 Å². The minimum absolute atomic E-state index is 0.292. The van der Waals surface area contributed by atoms with Crippen molar-refractivity contribution in [1.82, 2.24) is 0 Å². The summed E-state index contributed by atoms with van der Waals surface area (Å²) in [5.41, 5.74) is 1.23. The second-order valence-corrected chi connectivity index (χ2v) is 6.67. The fourth-order valence-electron chi connectivity index (χ4n) is 3.16. The normalized spacial score (nSPS) is 22.2. The molecule has 1 aromatic rings. The van der Waals surface area contributed by atoms with Crippen LogP contribution in [-0.4, -0.2) is 11.7 Å². The van der Waals surface area contributed by atoms with Gasteiger partial charge in [-0.3, -0.25) is 0 Å². The average molecular weight is 290 g/mol. The Morgan fingerprint density at radius 2 is 1.95 bits per heavy atom. The lowest BCUT2D eigenvalue weighted by Gasteiger charge is -2.26. The van der Waals surface area contributed by atoms with Crippen molar-refractivity contribution >= 4 is 0 Å². The summed E-state index contributed by atoms with van der Waals surface area (Å²) in [6.07, 6.45) is 10.0. The molecule has 2 nitrogen and oxygen atoms in total. The van der Waals surface area contributed by atoms with E-state index in [1.54, 1.807) is 0 Å². The number of rotatable bonds is 7. The third-order valence-electron chi connectivity index (χ3n) is 4.76. The Kier molecular flexibility index (Phi) is 6.41. The molecule has 21 heavy (non-hydrogen) atoms. The van der Waals surface area contributed by atoms with Crippen LogP contribution in [0.1, 0.15) is 64.4 Å². The summed E-state index contributed by atoms with van der Waals surface area (Å²) < 4.78 is 5.59. The van der Waals surface area contributed by atoms with Gasteiger partial charge in [0.25, 0.3) is 0 Å². The lowest BCUT2D eigenvalue weighted by atomic mass is 9.80. The Morgan fingerprint density at radius 3 is 2.62 bits per heavy atom. The van der Waals surface area contributed by atoms with Crippen molar-refractivity contribution in [3.05, 3.63) is 23.8 Å². The summed E-state index contributed by atoms with van der Waals surface area (Å²) in [5.74, 6) is 2.72. The molecule has 0 unspecified atom stereocenters. The van der Waals surface area contributed by atoms with Crippen LogP contribution in [0.4, 0.5) is 0 Å². The lowest BCUT2D eigenvalue weighted by Crippen LogP contribution is -2.12. The molecule has 1 fully saturated rings. The molecular weight excluding hydrogens is 260 g/mol. The number of benzene rings is 1.